The summed E-state index contributed by atoms with van der Waals surface area (Å²) in [6.07, 6.45) is 3.77. The van der Waals surface area contributed by atoms with Crippen molar-refractivity contribution in [3.63, 3.8) is 0 Å². The minimum absolute atomic E-state index is 0.246. The molecular weight excluding hydrogens is 215 g/mol. The van der Waals surface area contributed by atoms with E-state index in [0.717, 1.165) is 31.0 Å². The SMILES string of the molecule is CCCN(Cc1cccc(N)c1F)CC1CC1. The van der Waals surface area contributed by atoms with E-state index in [1.807, 2.05) is 12.1 Å². The molecule has 0 aromatic heterocycles. The van der Waals surface area contributed by atoms with Gasteiger partial charge < -0.3 is 5.73 Å². The van der Waals surface area contributed by atoms with E-state index in [1.54, 1.807) is 6.07 Å². The molecule has 0 bridgehead atoms. The summed E-state index contributed by atoms with van der Waals surface area (Å²) >= 11 is 0. The van der Waals surface area contributed by atoms with Crippen LogP contribution in [0.1, 0.15) is 31.7 Å². The average molecular weight is 236 g/mol. The van der Waals surface area contributed by atoms with E-state index in [0.29, 0.717) is 6.54 Å². The molecule has 2 rings (SSSR count). The lowest BCUT2D eigenvalue weighted by molar-refractivity contribution is 0.252. The third-order valence-electron chi connectivity index (χ3n) is 3.26. The minimum atomic E-state index is -0.246. The second kappa shape index (κ2) is 5.50. The van der Waals surface area contributed by atoms with E-state index >= 15 is 0 Å². The van der Waals surface area contributed by atoms with Gasteiger partial charge in [-0.05, 0) is 37.8 Å². The molecule has 0 radical (unpaired) electrons. The normalized spacial score (nSPS) is 15.5. The molecule has 2 N–H and O–H groups in total. The van der Waals surface area contributed by atoms with Crippen molar-refractivity contribution < 1.29 is 4.39 Å². The van der Waals surface area contributed by atoms with Crippen molar-refractivity contribution in [3.8, 4) is 0 Å². The molecular formula is C14H21FN2. The Bertz CT molecular complexity index is 374. The lowest BCUT2D eigenvalue weighted by Crippen LogP contribution is -2.27. The Morgan fingerprint density at radius 2 is 2.18 bits per heavy atom. The molecule has 2 nitrogen and oxygen atoms in total. The Labute approximate surface area is 103 Å². The smallest absolute Gasteiger partial charge is 0.150 e. The molecule has 1 aromatic rings. The number of anilines is 1. The largest absolute Gasteiger partial charge is 0.396 e. The first-order chi connectivity index (χ1) is 8.20. The summed E-state index contributed by atoms with van der Waals surface area (Å²) in [6.45, 7) is 4.98. The lowest BCUT2D eigenvalue weighted by atomic mass is 10.1. The van der Waals surface area contributed by atoms with E-state index in [1.165, 1.54) is 12.8 Å². The molecule has 0 aliphatic heterocycles. The first-order valence-electron chi connectivity index (χ1n) is 6.46. The summed E-state index contributed by atoms with van der Waals surface area (Å²) in [7, 11) is 0. The zero-order chi connectivity index (χ0) is 12.3. The van der Waals surface area contributed by atoms with E-state index in [4.69, 9.17) is 5.73 Å². The molecule has 0 amide bonds. The molecule has 0 heterocycles. The van der Waals surface area contributed by atoms with Gasteiger partial charge in [0.15, 0.2) is 5.82 Å². The number of benzene rings is 1. The van der Waals surface area contributed by atoms with Gasteiger partial charge in [-0.1, -0.05) is 19.1 Å². The van der Waals surface area contributed by atoms with E-state index < -0.39 is 0 Å². The maximum Gasteiger partial charge on any atom is 0.150 e. The fourth-order valence-corrected chi connectivity index (χ4v) is 2.18. The number of nitrogen functional groups attached to an aromatic ring is 1. The van der Waals surface area contributed by atoms with Crippen LogP contribution in [0.25, 0.3) is 0 Å². The Balaban J connectivity index is 2.02. The lowest BCUT2D eigenvalue weighted by Gasteiger charge is -2.22. The van der Waals surface area contributed by atoms with Gasteiger partial charge in [-0.25, -0.2) is 4.39 Å². The Kier molecular flexibility index (Phi) is 4.00. The number of halogens is 1. The number of nitrogens with two attached hydrogens (primary N) is 1. The number of rotatable bonds is 6. The van der Waals surface area contributed by atoms with Crippen molar-refractivity contribution in [2.45, 2.75) is 32.7 Å². The van der Waals surface area contributed by atoms with Gasteiger partial charge in [0.05, 0.1) is 5.69 Å². The molecule has 1 aliphatic carbocycles. The van der Waals surface area contributed by atoms with Crippen LogP contribution in [0.5, 0.6) is 0 Å². The Hall–Kier alpha value is -1.09. The third kappa shape index (κ3) is 3.43. The highest BCUT2D eigenvalue weighted by Gasteiger charge is 2.24. The van der Waals surface area contributed by atoms with Crippen molar-refractivity contribution in [2.24, 2.45) is 5.92 Å². The van der Waals surface area contributed by atoms with Gasteiger partial charge in [0, 0.05) is 18.7 Å². The van der Waals surface area contributed by atoms with E-state index in [9.17, 15) is 4.39 Å². The van der Waals surface area contributed by atoms with Crippen molar-refractivity contribution in [3.05, 3.63) is 29.6 Å². The van der Waals surface area contributed by atoms with Gasteiger partial charge >= 0.3 is 0 Å². The van der Waals surface area contributed by atoms with Crippen LogP contribution in [-0.2, 0) is 6.54 Å². The third-order valence-corrected chi connectivity index (χ3v) is 3.26. The van der Waals surface area contributed by atoms with Crippen LogP contribution in [0.4, 0.5) is 10.1 Å². The molecule has 3 heteroatoms. The summed E-state index contributed by atoms with van der Waals surface area (Å²) < 4.78 is 13.8. The first-order valence-corrected chi connectivity index (χ1v) is 6.46. The predicted molar refractivity (Wildman–Crippen MR) is 69.1 cm³/mol. The number of hydrogen-bond donors (Lipinski definition) is 1. The van der Waals surface area contributed by atoms with E-state index in [2.05, 4.69) is 11.8 Å². The zero-order valence-corrected chi connectivity index (χ0v) is 10.5. The van der Waals surface area contributed by atoms with Crippen molar-refractivity contribution >= 4 is 5.69 Å². The maximum atomic E-state index is 13.8. The zero-order valence-electron chi connectivity index (χ0n) is 10.5. The molecule has 1 saturated carbocycles. The average Bonchev–Trinajstić information content (AvgIpc) is 3.09. The molecule has 0 spiro atoms. The summed E-state index contributed by atoms with van der Waals surface area (Å²) in [6, 6.07) is 5.28. The molecule has 0 unspecified atom stereocenters. The number of nitrogens with zero attached hydrogens (tertiary/aromatic N) is 1. The standard InChI is InChI=1S/C14H21FN2/c1-2-8-17(9-11-6-7-11)10-12-4-3-5-13(16)14(12)15/h3-5,11H,2,6-10,16H2,1H3. The molecule has 0 atom stereocenters. The van der Waals surface area contributed by atoms with Crippen LogP contribution in [-0.4, -0.2) is 18.0 Å². The van der Waals surface area contributed by atoms with E-state index in [-0.39, 0.29) is 11.5 Å². The molecule has 94 valence electrons. The summed E-state index contributed by atoms with van der Waals surface area (Å²) in [5.41, 5.74) is 6.57. The number of hydrogen-bond acceptors (Lipinski definition) is 2. The van der Waals surface area contributed by atoms with Gasteiger partial charge in [-0.15, -0.1) is 0 Å². The van der Waals surface area contributed by atoms with Crippen LogP contribution in [0, 0.1) is 11.7 Å². The second-order valence-corrected chi connectivity index (χ2v) is 5.00. The van der Waals surface area contributed by atoms with Gasteiger partial charge in [-0.3, -0.25) is 4.90 Å². The maximum absolute atomic E-state index is 13.8. The first kappa shape index (κ1) is 12.4. The molecule has 1 aliphatic rings. The fourth-order valence-electron chi connectivity index (χ4n) is 2.18. The van der Waals surface area contributed by atoms with Gasteiger partial charge in [0.1, 0.15) is 0 Å². The minimum Gasteiger partial charge on any atom is -0.396 e. The molecule has 1 aromatic carbocycles. The van der Waals surface area contributed by atoms with Crippen molar-refractivity contribution in [1.29, 1.82) is 0 Å². The highest BCUT2D eigenvalue weighted by Crippen LogP contribution is 2.30. The van der Waals surface area contributed by atoms with Crippen LogP contribution in [0.2, 0.25) is 0 Å². The Morgan fingerprint density at radius 3 is 2.82 bits per heavy atom. The van der Waals surface area contributed by atoms with Gasteiger partial charge in [0.2, 0.25) is 0 Å². The summed E-state index contributed by atoms with van der Waals surface area (Å²) in [5.74, 6) is 0.593. The van der Waals surface area contributed by atoms with Crippen LogP contribution in [0.3, 0.4) is 0 Å². The quantitative estimate of drug-likeness (QED) is 0.769. The Morgan fingerprint density at radius 1 is 1.41 bits per heavy atom. The topological polar surface area (TPSA) is 29.3 Å². The second-order valence-electron chi connectivity index (χ2n) is 5.00. The van der Waals surface area contributed by atoms with Crippen molar-refractivity contribution in [2.75, 3.05) is 18.8 Å². The molecule has 1 fully saturated rings. The highest BCUT2D eigenvalue weighted by molar-refractivity contribution is 5.42. The molecule has 17 heavy (non-hydrogen) atoms. The predicted octanol–water partition coefficient (Wildman–Crippen LogP) is 3.03. The summed E-state index contributed by atoms with van der Waals surface area (Å²) in [4.78, 5) is 2.34. The van der Waals surface area contributed by atoms with Crippen LogP contribution < -0.4 is 5.73 Å². The fraction of sp³-hybridized carbons (Fsp3) is 0.571. The van der Waals surface area contributed by atoms with Gasteiger partial charge in [0.25, 0.3) is 0 Å². The van der Waals surface area contributed by atoms with Crippen LogP contribution >= 0.6 is 0 Å². The monoisotopic (exact) mass is 236 g/mol. The van der Waals surface area contributed by atoms with Crippen molar-refractivity contribution in [1.82, 2.24) is 4.90 Å². The molecule has 0 saturated heterocycles. The summed E-state index contributed by atoms with van der Waals surface area (Å²) in [5, 5.41) is 0. The van der Waals surface area contributed by atoms with Crippen LogP contribution in [0.15, 0.2) is 18.2 Å². The van der Waals surface area contributed by atoms with Gasteiger partial charge in [-0.2, -0.15) is 0 Å². The highest BCUT2D eigenvalue weighted by atomic mass is 19.1.